The van der Waals surface area contributed by atoms with Crippen LogP contribution in [0.4, 0.5) is 17.6 Å². The molecule has 2 atom stereocenters. The van der Waals surface area contributed by atoms with E-state index in [1.807, 2.05) is 0 Å². The minimum atomic E-state index is -5.24. The highest BCUT2D eigenvalue weighted by Crippen LogP contribution is 2.19. The number of carboxylic acid groups (broad SMARTS) is 1. The fourth-order valence-electron chi connectivity index (χ4n) is 0.630. The average Bonchev–Trinajstić information content (AvgIpc) is 2.01. The number of carboxylic acids is 1. The van der Waals surface area contributed by atoms with E-state index in [2.05, 4.69) is 0 Å². The Morgan fingerprint density at radius 2 is 1.73 bits per heavy atom. The third-order valence-corrected chi connectivity index (χ3v) is 1.87. The summed E-state index contributed by atoms with van der Waals surface area (Å²) in [5.74, 6) is -4.37. The van der Waals surface area contributed by atoms with Crippen LogP contribution in [-0.2, 0) is 9.59 Å². The first-order valence-electron chi connectivity index (χ1n) is 3.78. The Morgan fingerprint density at radius 1 is 1.33 bits per heavy atom. The molecule has 88 valence electrons. The molecule has 0 saturated heterocycles. The van der Waals surface area contributed by atoms with Crippen LogP contribution < -0.4 is 5.32 Å². The Balaban J connectivity index is 4.88. The Kier molecular flexibility index (Phi) is 3.67. The van der Waals surface area contributed by atoms with Gasteiger partial charge in [-0.3, -0.25) is 4.79 Å². The molecule has 2 unspecified atom stereocenters. The topological polar surface area (TPSA) is 66.4 Å². The molecule has 0 heterocycles. The van der Waals surface area contributed by atoms with Gasteiger partial charge < -0.3 is 10.4 Å². The number of carbonyl (C=O) groups excluding carboxylic acids is 1. The van der Waals surface area contributed by atoms with Gasteiger partial charge in [0.25, 0.3) is 0 Å². The van der Waals surface area contributed by atoms with Crippen LogP contribution in [0, 0.1) is 0 Å². The molecule has 1 amide bonds. The van der Waals surface area contributed by atoms with E-state index in [1.54, 1.807) is 0 Å². The second-order valence-corrected chi connectivity index (χ2v) is 3.08. The van der Waals surface area contributed by atoms with Crippen molar-refractivity contribution in [1.29, 1.82) is 0 Å². The number of amides is 1. The molecule has 8 heteroatoms. The van der Waals surface area contributed by atoms with Crippen molar-refractivity contribution in [3.05, 3.63) is 0 Å². The largest absolute Gasteiger partial charge is 0.479 e. The van der Waals surface area contributed by atoms with E-state index in [4.69, 9.17) is 5.11 Å². The monoisotopic (exact) mass is 231 g/mol. The first-order chi connectivity index (χ1) is 6.51. The normalized spacial score (nSPS) is 17.7. The van der Waals surface area contributed by atoms with Crippen LogP contribution in [0.25, 0.3) is 0 Å². The summed E-state index contributed by atoms with van der Waals surface area (Å²) in [6, 6.07) is 0. The highest BCUT2D eigenvalue weighted by atomic mass is 19.4. The Morgan fingerprint density at radius 3 is 1.93 bits per heavy atom. The molecular formula is C7H9F4NO3. The number of carbonyl (C=O) groups is 2. The maximum Gasteiger partial charge on any atom is 0.471 e. The standard InChI is InChI=1S/C7H9F4NO3/c1-3(8)6(2,5(14)15)12-4(13)7(9,10)11/h3H,1-2H3,(H,12,13)(H,14,15). The molecule has 2 N–H and O–H groups in total. The second-order valence-electron chi connectivity index (χ2n) is 3.08. The van der Waals surface area contributed by atoms with Gasteiger partial charge in [0.1, 0.15) is 6.17 Å². The first-order valence-corrected chi connectivity index (χ1v) is 3.78. The summed E-state index contributed by atoms with van der Waals surface area (Å²) >= 11 is 0. The van der Waals surface area contributed by atoms with Crippen molar-refractivity contribution in [3.8, 4) is 0 Å². The van der Waals surface area contributed by atoms with E-state index in [-0.39, 0.29) is 0 Å². The Labute approximate surface area is 82.3 Å². The van der Waals surface area contributed by atoms with Gasteiger partial charge in [-0.15, -0.1) is 0 Å². The lowest BCUT2D eigenvalue weighted by Crippen LogP contribution is -2.60. The second kappa shape index (κ2) is 4.03. The van der Waals surface area contributed by atoms with E-state index in [9.17, 15) is 27.2 Å². The zero-order valence-corrected chi connectivity index (χ0v) is 7.85. The fourth-order valence-corrected chi connectivity index (χ4v) is 0.630. The summed E-state index contributed by atoms with van der Waals surface area (Å²) in [5, 5.41) is 9.59. The third kappa shape index (κ3) is 3.07. The molecule has 0 bridgehead atoms. The minimum Gasteiger partial charge on any atom is -0.479 e. The molecule has 0 saturated carbocycles. The number of hydrogen-bond acceptors (Lipinski definition) is 2. The molecule has 0 aromatic carbocycles. The Hall–Kier alpha value is -1.34. The maximum atomic E-state index is 12.8. The van der Waals surface area contributed by atoms with Crippen LogP contribution in [0.5, 0.6) is 0 Å². The zero-order chi connectivity index (χ0) is 12.4. The quantitative estimate of drug-likeness (QED) is 0.708. The predicted molar refractivity (Wildman–Crippen MR) is 40.8 cm³/mol. The predicted octanol–water partition coefficient (Wildman–Crippen LogP) is 0.866. The highest BCUT2D eigenvalue weighted by molar-refractivity contribution is 5.89. The number of nitrogens with one attached hydrogen (secondary N) is 1. The lowest BCUT2D eigenvalue weighted by atomic mass is 9.97. The number of alkyl halides is 4. The fraction of sp³-hybridized carbons (Fsp3) is 0.714. The van der Waals surface area contributed by atoms with Crippen molar-refractivity contribution in [3.63, 3.8) is 0 Å². The van der Waals surface area contributed by atoms with Gasteiger partial charge in [0.2, 0.25) is 0 Å². The molecule has 0 spiro atoms. The zero-order valence-electron chi connectivity index (χ0n) is 7.85. The van der Waals surface area contributed by atoms with Gasteiger partial charge in [-0.25, -0.2) is 9.18 Å². The smallest absolute Gasteiger partial charge is 0.471 e. The van der Waals surface area contributed by atoms with Crippen LogP contribution >= 0.6 is 0 Å². The number of aliphatic carboxylic acids is 1. The van der Waals surface area contributed by atoms with Crippen molar-refractivity contribution in [1.82, 2.24) is 5.32 Å². The van der Waals surface area contributed by atoms with Gasteiger partial charge in [-0.2, -0.15) is 13.2 Å². The Bertz CT molecular complexity index is 276. The molecule has 0 aliphatic heterocycles. The molecule has 0 rings (SSSR count). The van der Waals surface area contributed by atoms with Gasteiger partial charge in [0.05, 0.1) is 0 Å². The van der Waals surface area contributed by atoms with E-state index >= 15 is 0 Å². The number of halogens is 4. The highest BCUT2D eigenvalue weighted by Gasteiger charge is 2.48. The van der Waals surface area contributed by atoms with Crippen molar-refractivity contribution in [2.45, 2.75) is 31.7 Å². The molecule has 0 aromatic rings. The molecule has 0 aliphatic carbocycles. The lowest BCUT2D eigenvalue weighted by Gasteiger charge is -2.27. The van der Waals surface area contributed by atoms with Gasteiger partial charge in [0, 0.05) is 0 Å². The molecule has 4 nitrogen and oxygen atoms in total. The molecule has 0 aromatic heterocycles. The molecule has 0 aliphatic rings. The molecular weight excluding hydrogens is 222 g/mol. The van der Waals surface area contributed by atoms with E-state index < -0.39 is 29.8 Å². The average molecular weight is 231 g/mol. The summed E-state index contributed by atoms with van der Waals surface area (Å²) in [6.07, 6.45) is -7.41. The summed E-state index contributed by atoms with van der Waals surface area (Å²) < 4.78 is 48.1. The van der Waals surface area contributed by atoms with Crippen LogP contribution in [0.2, 0.25) is 0 Å². The molecule has 0 radical (unpaired) electrons. The third-order valence-electron chi connectivity index (χ3n) is 1.87. The van der Waals surface area contributed by atoms with Gasteiger partial charge in [0.15, 0.2) is 5.54 Å². The van der Waals surface area contributed by atoms with Crippen molar-refractivity contribution < 1.29 is 32.3 Å². The maximum absolute atomic E-state index is 12.8. The van der Waals surface area contributed by atoms with Gasteiger partial charge in [-0.1, -0.05) is 0 Å². The van der Waals surface area contributed by atoms with Crippen LogP contribution in [0.15, 0.2) is 0 Å². The first kappa shape index (κ1) is 13.7. The van der Waals surface area contributed by atoms with Gasteiger partial charge >= 0.3 is 18.1 Å². The van der Waals surface area contributed by atoms with Crippen LogP contribution in [-0.4, -0.2) is 34.9 Å². The van der Waals surface area contributed by atoms with Crippen molar-refractivity contribution >= 4 is 11.9 Å². The minimum absolute atomic E-state index is 0.656. The van der Waals surface area contributed by atoms with Gasteiger partial charge in [-0.05, 0) is 13.8 Å². The number of hydrogen-bond donors (Lipinski definition) is 2. The SMILES string of the molecule is CC(F)C(C)(NC(=O)C(F)(F)F)C(=O)O. The van der Waals surface area contributed by atoms with E-state index in [0.717, 1.165) is 12.2 Å². The number of rotatable bonds is 3. The van der Waals surface area contributed by atoms with Crippen molar-refractivity contribution in [2.75, 3.05) is 0 Å². The summed E-state index contributed by atoms with van der Waals surface area (Å²) in [4.78, 5) is 20.9. The van der Waals surface area contributed by atoms with Crippen LogP contribution in [0.1, 0.15) is 13.8 Å². The lowest BCUT2D eigenvalue weighted by molar-refractivity contribution is -0.178. The van der Waals surface area contributed by atoms with Crippen molar-refractivity contribution in [2.24, 2.45) is 0 Å². The van der Waals surface area contributed by atoms with E-state index in [1.165, 1.54) is 0 Å². The van der Waals surface area contributed by atoms with E-state index in [0.29, 0.717) is 6.92 Å². The molecule has 15 heavy (non-hydrogen) atoms. The molecule has 0 fully saturated rings. The summed E-state index contributed by atoms with van der Waals surface area (Å²) in [6.45, 7) is 1.40. The van der Waals surface area contributed by atoms with Crippen LogP contribution in [0.3, 0.4) is 0 Å². The summed E-state index contributed by atoms with van der Waals surface area (Å²) in [7, 11) is 0. The summed E-state index contributed by atoms with van der Waals surface area (Å²) in [5.41, 5.74) is -2.59.